The highest BCUT2D eigenvalue weighted by Crippen LogP contribution is 2.27. The van der Waals surface area contributed by atoms with Gasteiger partial charge in [0.2, 0.25) is 0 Å². The molecular weight excluding hydrogens is 378 g/mol. The second-order valence-corrected chi connectivity index (χ2v) is 7.19. The van der Waals surface area contributed by atoms with Crippen molar-refractivity contribution in [2.75, 3.05) is 19.1 Å². The largest absolute Gasteiger partial charge is 0.467 e. The molecule has 8 heteroatoms. The van der Waals surface area contributed by atoms with E-state index in [1.165, 1.54) is 7.11 Å². The van der Waals surface area contributed by atoms with Crippen molar-refractivity contribution in [3.05, 3.63) is 47.7 Å². The van der Waals surface area contributed by atoms with Crippen LogP contribution in [0.15, 0.2) is 40.9 Å². The van der Waals surface area contributed by atoms with Crippen LogP contribution in [0.25, 0.3) is 22.4 Å². The highest BCUT2D eigenvalue weighted by Gasteiger charge is 2.25. The SMILES string of the molecule is COC(=O)[C@H](CCSC)NC(=O)c1cc(-c2ccccc2)nc2onc(C)c12. The normalized spacial score (nSPS) is 12.0. The monoisotopic (exact) mass is 399 g/mol. The summed E-state index contributed by atoms with van der Waals surface area (Å²) >= 11 is 1.59. The third kappa shape index (κ3) is 4.17. The lowest BCUT2D eigenvalue weighted by Crippen LogP contribution is -2.42. The van der Waals surface area contributed by atoms with Crippen LogP contribution in [0.5, 0.6) is 0 Å². The Morgan fingerprint density at radius 1 is 1.29 bits per heavy atom. The first-order valence-electron chi connectivity index (χ1n) is 8.75. The third-order valence-electron chi connectivity index (χ3n) is 4.33. The molecule has 0 fully saturated rings. The van der Waals surface area contributed by atoms with Crippen LogP contribution in [-0.2, 0) is 9.53 Å². The molecule has 146 valence electrons. The Balaban J connectivity index is 2.01. The van der Waals surface area contributed by atoms with Crippen molar-refractivity contribution in [2.24, 2.45) is 0 Å². The van der Waals surface area contributed by atoms with Gasteiger partial charge in [-0.15, -0.1) is 0 Å². The van der Waals surface area contributed by atoms with Crippen molar-refractivity contribution in [3.63, 3.8) is 0 Å². The zero-order valence-electron chi connectivity index (χ0n) is 15.9. The van der Waals surface area contributed by atoms with E-state index >= 15 is 0 Å². The zero-order valence-corrected chi connectivity index (χ0v) is 16.7. The number of nitrogens with one attached hydrogen (secondary N) is 1. The molecule has 28 heavy (non-hydrogen) atoms. The molecule has 1 aromatic carbocycles. The molecule has 0 aliphatic rings. The summed E-state index contributed by atoms with van der Waals surface area (Å²) in [6.45, 7) is 1.75. The standard InChI is InChI=1S/C20H21N3O4S/c1-12-17-14(18(24)21-15(9-10-28-3)20(25)26-2)11-16(22-19(17)27-23-12)13-7-5-4-6-8-13/h4-8,11,15H,9-10H2,1-3H3,(H,21,24)/t15-/m0/s1. The predicted octanol–water partition coefficient (Wildman–Crippen LogP) is 3.22. The van der Waals surface area contributed by atoms with Gasteiger partial charge in [-0.3, -0.25) is 4.79 Å². The first-order chi connectivity index (χ1) is 13.5. The molecule has 2 heterocycles. The molecule has 0 bridgehead atoms. The number of carbonyl (C=O) groups is 2. The molecule has 1 amide bonds. The van der Waals surface area contributed by atoms with Gasteiger partial charge in [-0.05, 0) is 31.4 Å². The number of amides is 1. The number of aryl methyl sites for hydroxylation is 1. The number of nitrogens with zero attached hydrogens (tertiary/aromatic N) is 2. The Labute approximate surface area is 166 Å². The van der Waals surface area contributed by atoms with Crippen molar-refractivity contribution in [2.45, 2.75) is 19.4 Å². The van der Waals surface area contributed by atoms with Crippen molar-refractivity contribution in [1.82, 2.24) is 15.5 Å². The summed E-state index contributed by atoms with van der Waals surface area (Å²) in [6, 6.07) is 10.4. The average Bonchev–Trinajstić information content (AvgIpc) is 3.11. The first-order valence-corrected chi connectivity index (χ1v) is 10.1. The average molecular weight is 399 g/mol. The maximum Gasteiger partial charge on any atom is 0.328 e. The maximum atomic E-state index is 13.1. The number of thioether (sulfide) groups is 1. The van der Waals surface area contributed by atoms with Crippen LogP contribution in [0.2, 0.25) is 0 Å². The number of carbonyl (C=O) groups excluding carboxylic acids is 2. The molecule has 3 aromatic rings. The van der Waals surface area contributed by atoms with Crippen LogP contribution in [-0.4, -0.2) is 47.2 Å². The molecule has 0 aliphatic carbocycles. The molecular formula is C20H21N3O4S. The minimum atomic E-state index is -0.728. The second-order valence-electron chi connectivity index (χ2n) is 6.20. The Hall–Kier alpha value is -2.87. The lowest BCUT2D eigenvalue weighted by molar-refractivity contribution is -0.142. The van der Waals surface area contributed by atoms with E-state index in [1.807, 2.05) is 36.6 Å². The van der Waals surface area contributed by atoms with Gasteiger partial charge in [0, 0.05) is 5.56 Å². The van der Waals surface area contributed by atoms with Gasteiger partial charge >= 0.3 is 5.97 Å². The van der Waals surface area contributed by atoms with Gasteiger partial charge in [0.05, 0.1) is 29.4 Å². The third-order valence-corrected chi connectivity index (χ3v) is 4.98. The van der Waals surface area contributed by atoms with E-state index in [4.69, 9.17) is 9.26 Å². The topological polar surface area (TPSA) is 94.3 Å². The number of hydrogen-bond donors (Lipinski definition) is 1. The first kappa shape index (κ1) is 19.9. The highest BCUT2D eigenvalue weighted by molar-refractivity contribution is 7.98. The van der Waals surface area contributed by atoms with Crippen LogP contribution in [0.1, 0.15) is 22.5 Å². The summed E-state index contributed by atoms with van der Waals surface area (Å²) in [6.07, 6.45) is 2.41. The van der Waals surface area contributed by atoms with Gasteiger partial charge in [-0.1, -0.05) is 35.5 Å². The minimum Gasteiger partial charge on any atom is -0.467 e. The van der Waals surface area contributed by atoms with Crippen LogP contribution in [0, 0.1) is 6.92 Å². The molecule has 0 aliphatic heterocycles. The quantitative estimate of drug-likeness (QED) is 0.610. The van der Waals surface area contributed by atoms with Crippen LogP contribution >= 0.6 is 11.8 Å². The Bertz CT molecular complexity index is 988. The fourth-order valence-corrected chi connectivity index (χ4v) is 3.36. The number of hydrogen-bond acceptors (Lipinski definition) is 7. The van der Waals surface area contributed by atoms with Gasteiger partial charge in [-0.25, -0.2) is 9.78 Å². The van der Waals surface area contributed by atoms with Crippen molar-refractivity contribution >= 4 is 34.7 Å². The lowest BCUT2D eigenvalue weighted by atomic mass is 10.0. The molecule has 0 radical (unpaired) electrons. The maximum absolute atomic E-state index is 13.1. The Morgan fingerprint density at radius 2 is 2.04 bits per heavy atom. The lowest BCUT2D eigenvalue weighted by Gasteiger charge is -2.16. The van der Waals surface area contributed by atoms with E-state index in [1.54, 1.807) is 24.8 Å². The number of methoxy groups -OCH3 is 1. The van der Waals surface area contributed by atoms with Crippen LogP contribution < -0.4 is 5.32 Å². The summed E-state index contributed by atoms with van der Waals surface area (Å²) in [5, 5.41) is 7.26. The van der Waals surface area contributed by atoms with E-state index in [2.05, 4.69) is 15.5 Å². The number of benzene rings is 1. The van der Waals surface area contributed by atoms with E-state index < -0.39 is 17.9 Å². The summed E-state index contributed by atoms with van der Waals surface area (Å²) in [4.78, 5) is 29.6. The van der Waals surface area contributed by atoms with Gasteiger partial charge in [0.25, 0.3) is 11.6 Å². The fourth-order valence-electron chi connectivity index (χ4n) is 2.89. The number of rotatable bonds is 7. The molecule has 2 aromatic heterocycles. The van der Waals surface area contributed by atoms with E-state index in [0.717, 1.165) is 5.56 Å². The van der Waals surface area contributed by atoms with Crippen molar-refractivity contribution < 1.29 is 18.8 Å². The smallest absolute Gasteiger partial charge is 0.328 e. The Kier molecular flexibility index (Phi) is 6.30. The predicted molar refractivity (Wildman–Crippen MR) is 108 cm³/mol. The van der Waals surface area contributed by atoms with Crippen LogP contribution in [0.4, 0.5) is 0 Å². The van der Waals surface area contributed by atoms with E-state index in [0.29, 0.717) is 34.5 Å². The van der Waals surface area contributed by atoms with Gasteiger partial charge in [0.15, 0.2) is 0 Å². The van der Waals surface area contributed by atoms with Gasteiger partial charge < -0.3 is 14.6 Å². The zero-order chi connectivity index (χ0) is 20.1. The summed E-state index contributed by atoms with van der Waals surface area (Å²) in [5.74, 6) is -0.154. The fraction of sp³-hybridized carbons (Fsp3) is 0.300. The van der Waals surface area contributed by atoms with E-state index in [-0.39, 0.29) is 5.71 Å². The molecule has 0 saturated carbocycles. The number of esters is 1. The number of ether oxygens (including phenoxy) is 1. The molecule has 1 atom stereocenters. The van der Waals surface area contributed by atoms with E-state index in [9.17, 15) is 9.59 Å². The molecule has 0 unspecified atom stereocenters. The van der Waals surface area contributed by atoms with Crippen molar-refractivity contribution in [3.8, 4) is 11.3 Å². The number of aromatic nitrogens is 2. The highest BCUT2D eigenvalue weighted by atomic mass is 32.2. The second kappa shape index (κ2) is 8.88. The molecule has 3 rings (SSSR count). The van der Waals surface area contributed by atoms with Gasteiger partial charge in [-0.2, -0.15) is 11.8 Å². The van der Waals surface area contributed by atoms with Crippen LogP contribution in [0.3, 0.4) is 0 Å². The Morgan fingerprint density at radius 3 is 2.71 bits per heavy atom. The summed E-state index contributed by atoms with van der Waals surface area (Å²) in [5.41, 5.74) is 2.64. The summed E-state index contributed by atoms with van der Waals surface area (Å²) in [7, 11) is 1.31. The molecule has 7 nitrogen and oxygen atoms in total. The van der Waals surface area contributed by atoms with Gasteiger partial charge in [0.1, 0.15) is 6.04 Å². The minimum absolute atomic E-state index is 0.280. The molecule has 0 saturated heterocycles. The molecule has 0 spiro atoms. The summed E-state index contributed by atoms with van der Waals surface area (Å²) < 4.78 is 10.1. The number of fused-ring (bicyclic) bond motifs is 1. The number of pyridine rings is 1. The van der Waals surface area contributed by atoms with Crippen molar-refractivity contribution in [1.29, 1.82) is 0 Å². The molecule has 1 N–H and O–H groups in total.